The first kappa shape index (κ1) is 46.7. The molecule has 0 aromatic carbocycles. The van der Waals surface area contributed by atoms with Crippen LogP contribution in [0, 0.1) is 0 Å². The van der Waals surface area contributed by atoms with Crippen molar-refractivity contribution >= 4 is 35.6 Å². The third kappa shape index (κ3) is 33.2. The Morgan fingerprint density at radius 2 is 1.00 bits per heavy atom. The first-order valence-electron chi connectivity index (χ1n) is 18.1. The Morgan fingerprint density at radius 1 is 0.520 bits per heavy atom. The quantitative estimate of drug-likeness (QED) is 0.0365. The van der Waals surface area contributed by atoms with E-state index in [0.29, 0.717) is 6.42 Å². The lowest BCUT2D eigenvalue weighted by molar-refractivity contribution is -0.142. The Hall–Kier alpha value is -3.34. The Morgan fingerprint density at radius 3 is 1.52 bits per heavy atom. The summed E-state index contributed by atoms with van der Waals surface area (Å²) in [5.41, 5.74) is 2.38. The minimum Gasteiger partial charge on any atom is -0.481 e. The largest absolute Gasteiger partial charge is 0.481 e. The number of unbranched alkanes of at least 4 members (excludes halogenated alkanes) is 13. The summed E-state index contributed by atoms with van der Waals surface area (Å²) >= 11 is 0. The van der Waals surface area contributed by atoms with Gasteiger partial charge >= 0.3 is 11.9 Å². The Balaban J connectivity index is 3.69. The van der Waals surface area contributed by atoms with Gasteiger partial charge in [0.05, 0.1) is 19.8 Å². The van der Waals surface area contributed by atoms with Crippen LogP contribution < -0.4 is 26.7 Å². The van der Waals surface area contributed by atoms with Crippen LogP contribution in [0.3, 0.4) is 0 Å². The summed E-state index contributed by atoms with van der Waals surface area (Å²) in [7, 11) is 1.54. The van der Waals surface area contributed by atoms with Crippen molar-refractivity contribution < 1.29 is 53.3 Å². The SMILES string of the molecule is CNOCC(=O)NCCNC(=O)COCCOCCNC(=O)CC[C@H](NC(=O)CCCCCCCCCCCCCCCCC(=O)O)C(=O)O. The molecule has 50 heavy (non-hydrogen) atoms. The monoisotopic (exact) mass is 717 g/mol. The van der Waals surface area contributed by atoms with E-state index < -0.39 is 18.0 Å². The smallest absolute Gasteiger partial charge is 0.326 e. The molecule has 0 rings (SSSR count). The van der Waals surface area contributed by atoms with Crippen LogP contribution in [-0.4, -0.2) is 112 Å². The number of hydrogen-bond acceptors (Lipinski definition) is 10. The molecule has 0 aromatic rings. The molecule has 0 radical (unpaired) electrons. The van der Waals surface area contributed by atoms with Gasteiger partial charge in [-0.15, -0.1) is 0 Å². The molecule has 0 unspecified atom stereocenters. The highest BCUT2D eigenvalue weighted by Gasteiger charge is 2.20. The molecule has 16 nitrogen and oxygen atoms in total. The topological polar surface area (TPSA) is 231 Å². The summed E-state index contributed by atoms with van der Waals surface area (Å²) in [6, 6.07) is -1.13. The first-order chi connectivity index (χ1) is 24.1. The van der Waals surface area contributed by atoms with Gasteiger partial charge in [0.25, 0.3) is 0 Å². The molecule has 0 aromatic heterocycles. The Labute approximate surface area is 296 Å². The van der Waals surface area contributed by atoms with Crippen molar-refractivity contribution in [1.29, 1.82) is 0 Å². The van der Waals surface area contributed by atoms with Gasteiger partial charge in [-0.05, 0) is 19.3 Å². The molecule has 0 spiro atoms. The number of amides is 4. The van der Waals surface area contributed by atoms with Gasteiger partial charge in [0.1, 0.15) is 19.3 Å². The van der Waals surface area contributed by atoms with E-state index in [-0.39, 0.29) is 102 Å². The van der Waals surface area contributed by atoms with Crippen molar-refractivity contribution in [2.24, 2.45) is 0 Å². The zero-order chi connectivity index (χ0) is 37.1. The number of aliphatic carboxylic acids is 2. The highest BCUT2D eigenvalue weighted by molar-refractivity contribution is 5.84. The van der Waals surface area contributed by atoms with Crippen LogP contribution in [0.25, 0.3) is 0 Å². The standard InChI is InChI=1S/C34H63N5O11/c1-35-50-27-32(43)37-21-20-36-31(42)26-49-25-24-48-23-22-38-29(40)19-18-28(34(46)47)39-30(41)16-14-12-10-8-6-4-2-3-5-7-9-11-13-15-17-33(44)45/h28,35H,2-27H2,1H3,(H,36,42)(H,37,43)(H,38,40)(H,39,41)(H,44,45)(H,46,47)/t28-/m0/s1. The average Bonchev–Trinajstić information content (AvgIpc) is 3.08. The average molecular weight is 718 g/mol. The van der Waals surface area contributed by atoms with Gasteiger partial charge in [-0.25, -0.2) is 10.3 Å². The van der Waals surface area contributed by atoms with Crippen LogP contribution in [-0.2, 0) is 43.1 Å². The second-order valence-electron chi connectivity index (χ2n) is 12.0. The molecule has 7 N–H and O–H groups in total. The molecule has 1 atom stereocenters. The molecular weight excluding hydrogens is 654 g/mol. The normalized spacial score (nSPS) is 11.5. The predicted octanol–water partition coefficient (Wildman–Crippen LogP) is 2.20. The number of carbonyl (C=O) groups is 6. The van der Waals surface area contributed by atoms with Crippen molar-refractivity contribution in [3.8, 4) is 0 Å². The fourth-order valence-corrected chi connectivity index (χ4v) is 4.86. The fraction of sp³-hybridized carbons (Fsp3) is 0.824. The van der Waals surface area contributed by atoms with Gasteiger partial charge in [-0.3, -0.25) is 28.8 Å². The van der Waals surface area contributed by atoms with Crippen molar-refractivity contribution in [2.45, 2.75) is 122 Å². The van der Waals surface area contributed by atoms with E-state index in [2.05, 4.69) is 26.7 Å². The van der Waals surface area contributed by atoms with Crippen molar-refractivity contribution in [3.05, 3.63) is 0 Å². The zero-order valence-corrected chi connectivity index (χ0v) is 30.0. The van der Waals surface area contributed by atoms with E-state index in [1.54, 1.807) is 7.05 Å². The lowest BCUT2D eigenvalue weighted by atomic mass is 10.0. The number of rotatable bonds is 36. The number of carboxylic acids is 2. The maximum atomic E-state index is 12.3. The Bertz CT molecular complexity index is 939. The molecule has 0 saturated heterocycles. The number of ether oxygens (including phenoxy) is 2. The maximum Gasteiger partial charge on any atom is 0.326 e. The summed E-state index contributed by atoms with van der Waals surface area (Å²) in [4.78, 5) is 74.2. The van der Waals surface area contributed by atoms with E-state index >= 15 is 0 Å². The van der Waals surface area contributed by atoms with Gasteiger partial charge in [0, 0.05) is 45.9 Å². The molecule has 4 amide bonds. The minimum atomic E-state index is -1.18. The molecule has 0 aliphatic heterocycles. The molecule has 290 valence electrons. The summed E-state index contributed by atoms with van der Waals surface area (Å²) in [6.07, 6.45) is 15.6. The van der Waals surface area contributed by atoms with Crippen molar-refractivity contribution in [3.63, 3.8) is 0 Å². The molecule has 0 saturated carbocycles. The van der Waals surface area contributed by atoms with E-state index in [1.165, 1.54) is 44.9 Å². The minimum absolute atomic E-state index is 0.0203. The van der Waals surface area contributed by atoms with Gasteiger partial charge in [0.15, 0.2) is 0 Å². The van der Waals surface area contributed by atoms with Crippen LogP contribution in [0.15, 0.2) is 0 Å². The number of hydrogen-bond donors (Lipinski definition) is 7. The molecule has 0 heterocycles. The van der Waals surface area contributed by atoms with Crippen LogP contribution in [0.5, 0.6) is 0 Å². The van der Waals surface area contributed by atoms with Crippen LogP contribution in [0.4, 0.5) is 0 Å². The highest BCUT2D eigenvalue weighted by Crippen LogP contribution is 2.14. The highest BCUT2D eigenvalue weighted by atomic mass is 16.6. The summed E-state index contributed by atoms with van der Waals surface area (Å²) < 4.78 is 10.6. The lowest BCUT2D eigenvalue weighted by Gasteiger charge is -2.14. The van der Waals surface area contributed by atoms with Crippen LogP contribution >= 0.6 is 0 Å². The second kappa shape index (κ2) is 34.1. The Kier molecular flexibility index (Phi) is 31.8. The summed E-state index contributed by atoms with van der Waals surface area (Å²) in [5, 5.41) is 28.4. The second-order valence-corrected chi connectivity index (χ2v) is 12.0. The van der Waals surface area contributed by atoms with E-state index in [1.807, 2.05) is 0 Å². The van der Waals surface area contributed by atoms with Crippen LogP contribution in [0.1, 0.15) is 116 Å². The molecule has 0 bridgehead atoms. The van der Waals surface area contributed by atoms with E-state index in [9.17, 15) is 33.9 Å². The first-order valence-corrected chi connectivity index (χ1v) is 18.1. The number of nitrogens with one attached hydrogen (secondary N) is 5. The summed E-state index contributed by atoms with van der Waals surface area (Å²) in [6.45, 7) is 1.00. The number of carbonyl (C=O) groups excluding carboxylic acids is 4. The molecule has 16 heteroatoms. The van der Waals surface area contributed by atoms with Gasteiger partial charge in [0.2, 0.25) is 23.6 Å². The third-order valence-corrected chi connectivity index (χ3v) is 7.63. The zero-order valence-electron chi connectivity index (χ0n) is 30.0. The number of carboxylic acid groups (broad SMARTS) is 2. The maximum absolute atomic E-state index is 12.3. The predicted molar refractivity (Wildman–Crippen MR) is 186 cm³/mol. The van der Waals surface area contributed by atoms with Gasteiger partial charge in [-0.1, -0.05) is 77.0 Å². The molecule has 0 fully saturated rings. The fourth-order valence-electron chi connectivity index (χ4n) is 4.86. The molecule has 0 aliphatic rings. The van der Waals surface area contributed by atoms with Gasteiger partial charge < -0.3 is 41.0 Å². The molecule has 0 aliphatic carbocycles. The van der Waals surface area contributed by atoms with Gasteiger partial charge in [-0.2, -0.15) is 0 Å². The summed E-state index contributed by atoms with van der Waals surface area (Å²) in [5.74, 6) is -3.22. The van der Waals surface area contributed by atoms with Crippen molar-refractivity contribution in [1.82, 2.24) is 26.7 Å². The van der Waals surface area contributed by atoms with E-state index in [0.717, 1.165) is 38.5 Å². The van der Waals surface area contributed by atoms with E-state index in [4.69, 9.17) is 19.4 Å². The van der Waals surface area contributed by atoms with Crippen molar-refractivity contribution in [2.75, 3.05) is 59.7 Å². The third-order valence-electron chi connectivity index (χ3n) is 7.63. The molecular formula is C34H63N5O11. The lowest BCUT2D eigenvalue weighted by Crippen LogP contribution is -2.41. The number of hydroxylamine groups is 1. The van der Waals surface area contributed by atoms with Crippen LogP contribution in [0.2, 0.25) is 0 Å².